The lowest BCUT2D eigenvalue weighted by Gasteiger charge is -2.25. The summed E-state index contributed by atoms with van der Waals surface area (Å²) in [5.41, 5.74) is 1.93. The molecule has 5 nitrogen and oxygen atoms in total. The van der Waals surface area contributed by atoms with E-state index in [0.29, 0.717) is 6.61 Å². The van der Waals surface area contributed by atoms with E-state index in [0.717, 1.165) is 35.9 Å². The van der Waals surface area contributed by atoms with Crippen molar-refractivity contribution in [2.24, 2.45) is 0 Å². The number of fused-ring (bicyclic) bond motifs is 1. The lowest BCUT2D eigenvalue weighted by Crippen LogP contribution is -2.22. The second kappa shape index (κ2) is 6.93. The molecule has 1 atom stereocenters. The van der Waals surface area contributed by atoms with Crippen LogP contribution in [0.15, 0.2) is 47.4 Å². The minimum atomic E-state index is -3.49. The van der Waals surface area contributed by atoms with Crippen molar-refractivity contribution in [2.45, 2.75) is 23.8 Å². The molecule has 7 heteroatoms. The van der Waals surface area contributed by atoms with Crippen molar-refractivity contribution in [3.05, 3.63) is 59.4 Å². The number of anilines is 1. The third-order valence-electron chi connectivity index (χ3n) is 4.10. The summed E-state index contributed by atoms with van der Waals surface area (Å²) < 4.78 is 42.7. The Balaban J connectivity index is 1.76. The first-order chi connectivity index (χ1) is 11.8. The molecule has 0 saturated carbocycles. The number of amides is 1. The smallest absolute Gasteiger partial charge is 0.227 e. The zero-order valence-electron chi connectivity index (χ0n) is 13.7. The predicted octanol–water partition coefficient (Wildman–Crippen LogP) is 2.87. The Morgan fingerprint density at radius 2 is 2.04 bits per heavy atom. The largest absolute Gasteiger partial charge is 0.373 e. The van der Waals surface area contributed by atoms with Crippen LogP contribution in [0.5, 0.6) is 0 Å². The van der Waals surface area contributed by atoms with E-state index in [1.165, 1.54) is 6.07 Å². The minimum Gasteiger partial charge on any atom is -0.373 e. The summed E-state index contributed by atoms with van der Waals surface area (Å²) in [6.45, 7) is 0.521. The number of nitrogens with one attached hydrogen (secondary N) is 1. The first-order valence-electron chi connectivity index (χ1n) is 7.83. The maximum Gasteiger partial charge on any atom is 0.227 e. The van der Waals surface area contributed by atoms with Crippen LogP contribution in [-0.2, 0) is 25.8 Å². The van der Waals surface area contributed by atoms with Crippen molar-refractivity contribution in [3.8, 4) is 0 Å². The standard InChI is InChI=1S/C18H18FNO4S/c1-25(22,23)13-6-7-15(19)16(10-13)20-18(21)11-17-14-5-3-2-4-12(14)8-9-24-17/h2-7,10,17H,8-9,11H2,1H3,(H,20,21). The van der Waals surface area contributed by atoms with E-state index in [2.05, 4.69) is 5.32 Å². The quantitative estimate of drug-likeness (QED) is 0.848. The summed E-state index contributed by atoms with van der Waals surface area (Å²) in [5.74, 6) is -1.13. The van der Waals surface area contributed by atoms with Crippen LogP contribution in [0, 0.1) is 5.82 Å². The number of benzene rings is 2. The first-order valence-corrected chi connectivity index (χ1v) is 9.72. The van der Waals surface area contributed by atoms with E-state index in [-0.39, 0.29) is 17.0 Å². The lowest BCUT2D eigenvalue weighted by molar-refractivity contribution is -0.119. The van der Waals surface area contributed by atoms with Crippen molar-refractivity contribution in [1.82, 2.24) is 0 Å². The molecular formula is C18H18FNO4S. The molecule has 1 aliphatic heterocycles. The van der Waals surface area contributed by atoms with Crippen molar-refractivity contribution in [2.75, 3.05) is 18.2 Å². The number of hydrogen-bond donors (Lipinski definition) is 1. The molecule has 0 saturated heterocycles. The highest BCUT2D eigenvalue weighted by molar-refractivity contribution is 7.90. The van der Waals surface area contributed by atoms with E-state index in [9.17, 15) is 17.6 Å². The number of carbonyl (C=O) groups is 1. The number of ether oxygens (including phenoxy) is 1. The highest BCUT2D eigenvalue weighted by atomic mass is 32.2. The van der Waals surface area contributed by atoms with Crippen molar-refractivity contribution >= 4 is 21.4 Å². The number of sulfone groups is 1. The average Bonchev–Trinajstić information content (AvgIpc) is 2.56. The highest BCUT2D eigenvalue weighted by Crippen LogP contribution is 2.30. The van der Waals surface area contributed by atoms with E-state index in [4.69, 9.17) is 4.74 Å². The molecule has 0 bridgehead atoms. The molecule has 3 rings (SSSR count). The van der Waals surface area contributed by atoms with Crippen LogP contribution >= 0.6 is 0 Å². The van der Waals surface area contributed by atoms with Crippen molar-refractivity contribution in [1.29, 1.82) is 0 Å². The van der Waals surface area contributed by atoms with Gasteiger partial charge in [-0.3, -0.25) is 4.79 Å². The molecule has 0 aliphatic carbocycles. The van der Waals surface area contributed by atoms with Crippen molar-refractivity contribution < 1.29 is 22.3 Å². The maximum atomic E-state index is 13.9. The summed E-state index contributed by atoms with van der Waals surface area (Å²) >= 11 is 0. The van der Waals surface area contributed by atoms with Gasteiger partial charge in [0, 0.05) is 6.26 Å². The summed E-state index contributed by atoms with van der Waals surface area (Å²) in [7, 11) is -3.49. The van der Waals surface area contributed by atoms with Gasteiger partial charge in [-0.2, -0.15) is 0 Å². The molecule has 0 radical (unpaired) electrons. The van der Waals surface area contributed by atoms with Crippen LogP contribution in [0.4, 0.5) is 10.1 Å². The molecule has 2 aromatic carbocycles. The normalized spacial score (nSPS) is 17.0. The summed E-state index contributed by atoms with van der Waals surface area (Å²) in [5, 5.41) is 2.44. The summed E-state index contributed by atoms with van der Waals surface area (Å²) in [6, 6.07) is 11.0. The predicted molar refractivity (Wildman–Crippen MR) is 91.6 cm³/mol. The van der Waals surface area contributed by atoms with Gasteiger partial charge in [0.15, 0.2) is 9.84 Å². The Kier molecular flexibility index (Phi) is 4.87. The maximum absolute atomic E-state index is 13.9. The fourth-order valence-electron chi connectivity index (χ4n) is 2.85. The van der Waals surface area contributed by atoms with Gasteiger partial charge < -0.3 is 10.1 Å². The molecule has 0 spiro atoms. The van der Waals surface area contributed by atoms with Gasteiger partial charge in [-0.1, -0.05) is 24.3 Å². The second-order valence-electron chi connectivity index (χ2n) is 5.97. The van der Waals surface area contributed by atoms with Gasteiger partial charge in [-0.05, 0) is 35.7 Å². The Bertz CT molecular complexity index is 911. The highest BCUT2D eigenvalue weighted by Gasteiger charge is 2.23. The minimum absolute atomic E-state index is 0.0273. The van der Waals surface area contributed by atoms with Gasteiger partial charge in [0.25, 0.3) is 0 Å². The van der Waals surface area contributed by atoms with Crippen molar-refractivity contribution in [3.63, 3.8) is 0 Å². The van der Waals surface area contributed by atoms with Gasteiger partial charge in [0.05, 0.1) is 29.7 Å². The zero-order chi connectivity index (χ0) is 18.0. The number of rotatable bonds is 4. The molecule has 1 N–H and O–H groups in total. The third kappa shape index (κ3) is 4.05. The van der Waals surface area contributed by atoms with E-state index in [1.807, 2.05) is 24.3 Å². The molecule has 1 heterocycles. The van der Waals surface area contributed by atoms with Gasteiger partial charge in [0.2, 0.25) is 5.91 Å². The SMILES string of the molecule is CS(=O)(=O)c1ccc(F)c(NC(=O)CC2OCCc3ccccc32)c1. The molecule has 0 fully saturated rings. The fourth-order valence-corrected chi connectivity index (χ4v) is 3.49. The van der Waals surface area contributed by atoms with Crippen LogP contribution in [0.3, 0.4) is 0 Å². The molecule has 1 amide bonds. The van der Waals surface area contributed by atoms with Crippen LogP contribution in [0.2, 0.25) is 0 Å². The first kappa shape index (κ1) is 17.6. The van der Waals surface area contributed by atoms with Crippen LogP contribution in [0.1, 0.15) is 23.7 Å². The second-order valence-corrected chi connectivity index (χ2v) is 7.99. The Morgan fingerprint density at radius 1 is 1.28 bits per heavy atom. The topological polar surface area (TPSA) is 72.5 Å². The van der Waals surface area contributed by atoms with E-state index in [1.54, 1.807) is 0 Å². The fraction of sp³-hybridized carbons (Fsp3) is 0.278. The molecular weight excluding hydrogens is 345 g/mol. The van der Waals surface area contributed by atoms with Gasteiger partial charge >= 0.3 is 0 Å². The number of halogens is 1. The Labute approximate surface area is 145 Å². The average molecular weight is 363 g/mol. The van der Waals surface area contributed by atoms with Crippen LogP contribution < -0.4 is 5.32 Å². The monoisotopic (exact) mass is 363 g/mol. The Hall–Kier alpha value is -2.25. The molecule has 0 aromatic heterocycles. The van der Waals surface area contributed by atoms with E-state index < -0.39 is 27.7 Å². The van der Waals surface area contributed by atoms with Gasteiger partial charge in [0.1, 0.15) is 5.82 Å². The van der Waals surface area contributed by atoms with E-state index >= 15 is 0 Å². The Morgan fingerprint density at radius 3 is 2.80 bits per heavy atom. The summed E-state index contributed by atoms with van der Waals surface area (Å²) in [6.07, 6.45) is 1.45. The van der Waals surface area contributed by atoms with Gasteiger partial charge in [-0.25, -0.2) is 12.8 Å². The molecule has 132 valence electrons. The molecule has 1 unspecified atom stereocenters. The van der Waals surface area contributed by atoms with Gasteiger partial charge in [-0.15, -0.1) is 0 Å². The lowest BCUT2D eigenvalue weighted by atomic mass is 9.95. The molecule has 2 aromatic rings. The van der Waals surface area contributed by atoms with Crippen LogP contribution in [0.25, 0.3) is 0 Å². The molecule has 1 aliphatic rings. The molecule has 25 heavy (non-hydrogen) atoms. The number of hydrogen-bond acceptors (Lipinski definition) is 4. The summed E-state index contributed by atoms with van der Waals surface area (Å²) in [4.78, 5) is 12.2. The van der Waals surface area contributed by atoms with Crippen LogP contribution in [-0.4, -0.2) is 27.2 Å². The zero-order valence-corrected chi connectivity index (χ0v) is 14.5. The number of carbonyl (C=O) groups excluding carboxylic acids is 1. The third-order valence-corrected chi connectivity index (χ3v) is 5.21.